The first kappa shape index (κ1) is 49.8. The van der Waals surface area contributed by atoms with Gasteiger partial charge in [-0.15, -0.1) is 0 Å². The topological polar surface area (TPSA) is 59.3 Å². The number of aryl methyl sites for hydroxylation is 1. The molecule has 3 atom stereocenters. The first-order chi connectivity index (χ1) is 33.3. The van der Waals surface area contributed by atoms with Crippen LogP contribution in [0.15, 0.2) is 133 Å². The largest absolute Gasteiger partial charge is 0.508 e. The van der Waals surface area contributed by atoms with Crippen LogP contribution in [0.1, 0.15) is 119 Å². The van der Waals surface area contributed by atoms with Crippen molar-refractivity contribution in [3.63, 3.8) is 0 Å². The maximum Gasteiger partial charge on any atom is 0.119 e. The summed E-state index contributed by atoms with van der Waals surface area (Å²) in [6, 6.07) is 46.6. The van der Waals surface area contributed by atoms with Crippen LogP contribution in [0.2, 0.25) is 0 Å². The maximum atomic E-state index is 10.3. The number of fused-ring (bicyclic) bond motifs is 3. The van der Waals surface area contributed by atoms with Crippen LogP contribution in [0.5, 0.6) is 23.0 Å². The van der Waals surface area contributed by atoms with Gasteiger partial charge in [0.15, 0.2) is 0 Å². The summed E-state index contributed by atoms with van der Waals surface area (Å²) >= 11 is 0. The molecular weight excluding hydrogens is 839 g/mol. The average Bonchev–Trinajstić information content (AvgIpc) is 3.65. The van der Waals surface area contributed by atoms with E-state index in [4.69, 9.17) is 14.2 Å². The van der Waals surface area contributed by atoms with E-state index in [9.17, 15) is 5.11 Å². The molecule has 360 valence electrons. The minimum Gasteiger partial charge on any atom is -0.508 e. The number of phenolic OH excluding ortho intramolecular Hbond substituents is 1. The summed E-state index contributed by atoms with van der Waals surface area (Å²) in [5, 5.41) is 12.6. The third-order valence-corrected chi connectivity index (χ3v) is 14.0. The monoisotopic (exact) mass is 916 g/mol. The Bertz CT molecular complexity index is 2520. The van der Waals surface area contributed by atoms with Crippen LogP contribution >= 0.6 is 0 Å². The molecule has 3 unspecified atom stereocenters. The van der Waals surface area contributed by atoms with E-state index in [0.29, 0.717) is 17.8 Å². The molecule has 0 saturated carbocycles. The summed E-state index contributed by atoms with van der Waals surface area (Å²) in [4.78, 5) is 4.58. The lowest BCUT2D eigenvalue weighted by atomic mass is 10.0. The first-order valence-electron chi connectivity index (χ1n) is 25.9. The van der Waals surface area contributed by atoms with Crippen molar-refractivity contribution in [2.24, 2.45) is 24.8 Å². The van der Waals surface area contributed by atoms with Crippen molar-refractivity contribution in [1.29, 1.82) is 0 Å². The van der Waals surface area contributed by atoms with Gasteiger partial charge in [0.2, 0.25) is 0 Å². The standard InChI is InChI=1S/C61H77N3O4/c1-8-14-17-45(11-4)42-66-55-32-22-49(23-33-55)63(48-20-30-54(65)31-21-48)52-28-38-60-58(40-52)59-41-53(29-39-61(59)62(60)7)64(50-24-34-56(35-25-50)67-43-46(12-5)18-15-9-2)51-26-36-57(37-27-51)68-44-47(13-6)19-16-10-3/h20-41,45-47,65H,8-19,42-44H2,1-7H3. The molecular formula is C61H77N3O4. The summed E-state index contributed by atoms with van der Waals surface area (Å²) < 4.78 is 21.4. The lowest BCUT2D eigenvalue weighted by Gasteiger charge is -2.26. The third-order valence-electron chi connectivity index (χ3n) is 14.0. The summed E-state index contributed by atoms with van der Waals surface area (Å²) in [7, 11) is 2.15. The summed E-state index contributed by atoms with van der Waals surface area (Å²) in [5.74, 6) is 4.58. The molecule has 7 nitrogen and oxygen atoms in total. The van der Waals surface area contributed by atoms with Crippen LogP contribution in [0.4, 0.5) is 34.1 Å². The Labute approximate surface area is 407 Å². The number of phenols is 1. The summed E-state index contributed by atoms with van der Waals surface area (Å²) in [6.07, 6.45) is 14.3. The molecule has 0 aliphatic rings. The molecule has 68 heavy (non-hydrogen) atoms. The second-order valence-corrected chi connectivity index (χ2v) is 18.8. The van der Waals surface area contributed by atoms with Gasteiger partial charge in [-0.05, 0) is 170 Å². The predicted octanol–water partition coefficient (Wildman–Crippen LogP) is 17.8. The number of unbranched alkanes of at least 4 members (excludes halogenated alkanes) is 3. The van der Waals surface area contributed by atoms with Crippen molar-refractivity contribution >= 4 is 55.9 Å². The highest BCUT2D eigenvalue weighted by molar-refractivity contribution is 6.11. The van der Waals surface area contributed by atoms with Crippen molar-refractivity contribution in [1.82, 2.24) is 4.57 Å². The molecule has 0 aliphatic carbocycles. The van der Waals surface area contributed by atoms with Crippen molar-refractivity contribution in [3.05, 3.63) is 133 Å². The Morgan fingerprint density at radius 1 is 0.412 bits per heavy atom. The highest BCUT2D eigenvalue weighted by Gasteiger charge is 2.20. The Morgan fingerprint density at radius 3 is 1.00 bits per heavy atom. The highest BCUT2D eigenvalue weighted by atomic mass is 16.5. The highest BCUT2D eigenvalue weighted by Crippen LogP contribution is 2.43. The zero-order valence-corrected chi connectivity index (χ0v) is 42.1. The molecule has 1 aromatic heterocycles. The fraction of sp³-hybridized carbons (Fsp3) is 0.410. The van der Waals surface area contributed by atoms with E-state index in [1.807, 2.05) is 12.1 Å². The van der Waals surface area contributed by atoms with Crippen LogP contribution in [-0.4, -0.2) is 29.5 Å². The second kappa shape index (κ2) is 24.8. The van der Waals surface area contributed by atoms with Crippen molar-refractivity contribution in [2.45, 2.75) is 119 Å². The molecule has 0 saturated heterocycles. The van der Waals surface area contributed by atoms with Crippen LogP contribution < -0.4 is 24.0 Å². The van der Waals surface area contributed by atoms with E-state index in [2.05, 4.69) is 172 Å². The van der Waals surface area contributed by atoms with Gasteiger partial charge in [0, 0.05) is 63.0 Å². The van der Waals surface area contributed by atoms with E-state index >= 15 is 0 Å². The average molecular weight is 916 g/mol. The molecule has 1 heterocycles. The molecule has 0 radical (unpaired) electrons. The van der Waals surface area contributed by atoms with E-state index in [-0.39, 0.29) is 5.75 Å². The molecule has 7 aromatic rings. The Balaban J connectivity index is 1.25. The third kappa shape index (κ3) is 12.5. The molecule has 6 aromatic carbocycles. The van der Waals surface area contributed by atoms with Crippen LogP contribution in [0.25, 0.3) is 21.8 Å². The van der Waals surface area contributed by atoms with Gasteiger partial charge in [-0.2, -0.15) is 0 Å². The molecule has 0 spiro atoms. The van der Waals surface area contributed by atoms with Crippen molar-refractivity contribution in [3.8, 4) is 23.0 Å². The zero-order chi connectivity index (χ0) is 47.8. The first-order valence-corrected chi connectivity index (χ1v) is 25.9. The SMILES string of the molecule is CCCCC(CC)COc1ccc(N(c2ccc(O)cc2)c2ccc3c(c2)c2cc(N(c4ccc(OCC(CC)CCCC)cc4)c4ccc(OCC(CC)CCCC)cc4)ccc2n3C)cc1. The molecule has 7 rings (SSSR count). The van der Waals surface area contributed by atoms with E-state index in [0.717, 1.165) is 112 Å². The summed E-state index contributed by atoms with van der Waals surface area (Å²) in [5.41, 5.74) is 8.42. The van der Waals surface area contributed by atoms with Gasteiger partial charge < -0.3 is 33.7 Å². The number of hydrogen-bond acceptors (Lipinski definition) is 6. The van der Waals surface area contributed by atoms with E-state index < -0.39 is 0 Å². The Morgan fingerprint density at radius 2 is 0.706 bits per heavy atom. The number of rotatable bonds is 27. The number of anilines is 6. The molecule has 0 bridgehead atoms. The normalized spacial score (nSPS) is 12.8. The fourth-order valence-electron chi connectivity index (χ4n) is 9.38. The van der Waals surface area contributed by atoms with Gasteiger partial charge in [0.25, 0.3) is 0 Å². The molecule has 0 fully saturated rings. The second-order valence-electron chi connectivity index (χ2n) is 18.8. The number of nitrogens with zero attached hydrogens (tertiary/aromatic N) is 3. The van der Waals surface area contributed by atoms with Crippen LogP contribution in [0, 0.1) is 17.8 Å². The van der Waals surface area contributed by atoms with Gasteiger partial charge in [-0.25, -0.2) is 0 Å². The number of ether oxygens (including phenoxy) is 3. The Hall–Kier alpha value is -6.08. The number of benzene rings is 6. The number of aromatic hydroxyl groups is 1. The quantitative estimate of drug-likeness (QED) is 0.0555. The lowest BCUT2D eigenvalue weighted by Crippen LogP contribution is -2.12. The zero-order valence-electron chi connectivity index (χ0n) is 42.1. The maximum absolute atomic E-state index is 10.3. The van der Waals surface area contributed by atoms with Gasteiger partial charge in [0.05, 0.1) is 19.8 Å². The minimum absolute atomic E-state index is 0.233. The van der Waals surface area contributed by atoms with Crippen molar-refractivity contribution in [2.75, 3.05) is 29.6 Å². The van der Waals surface area contributed by atoms with E-state index in [1.165, 1.54) is 57.8 Å². The molecule has 0 amide bonds. The Kier molecular flexibility index (Phi) is 18.2. The summed E-state index contributed by atoms with van der Waals surface area (Å²) in [6.45, 7) is 15.7. The van der Waals surface area contributed by atoms with Gasteiger partial charge in [-0.3, -0.25) is 0 Å². The van der Waals surface area contributed by atoms with Crippen LogP contribution in [-0.2, 0) is 7.05 Å². The number of aromatic nitrogens is 1. The predicted molar refractivity (Wildman–Crippen MR) is 288 cm³/mol. The smallest absolute Gasteiger partial charge is 0.119 e. The molecule has 0 aliphatic heterocycles. The van der Waals surface area contributed by atoms with Gasteiger partial charge in [0.1, 0.15) is 23.0 Å². The molecule has 7 heteroatoms. The molecule has 1 N–H and O–H groups in total. The van der Waals surface area contributed by atoms with Crippen molar-refractivity contribution < 1.29 is 19.3 Å². The lowest BCUT2D eigenvalue weighted by molar-refractivity contribution is 0.233. The number of hydrogen-bond donors (Lipinski definition) is 1. The van der Waals surface area contributed by atoms with Gasteiger partial charge >= 0.3 is 0 Å². The van der Waals surface area contributed by atoms with Gasteiger partial charge in [-0.1, -0.05) is 99.3 Å². The fourth-order valence-corrected chi connectivity index (χ4v) is 9.38. The van der Waals surface area contributed by atoms with Crippen LogP contribution in [0.3, 0.4) is 0 Å². The minimum atomic E-state index is 0.233. The van der Waals surface area contributed by atoms with E-state index in [1.54, 1.807) is 12.1 Å².